The van der Waals surface area contributed by atoms with E-state index in [9.17, 15) is 14.7 Å². The van der Waals surface area contributed by atoms with Gasteiger partial charge in [0.1, 0.15) is 5.54 Å². The minimum atomic E-state index is -1.11. The number of aliphatic carboxylic acids is 1. The van der Waals surface area contributed by atoms with Gasteiger partial charge in [-0.3, -0.25) is 0 Å². The molecule has 1 aliphatic carbocycles. The lowest BCUT2D eigenvalue weighted by Gasteiger charge is -2.29. The van der Waals surface area contributed by atoms with Gasteiger partial charge in [-0.25, -0.2) is 9.59 Å². The van der Waals surface area contributed by atoms with Crippen molar-refractivity contribution in [3.8, 4) is 0 Å². The normalized spacial score (nSPS) is 17.8. The van der Waals surface area contributed by atoms with Crippen molar-refractivity contribution in [2.75, 3.05) is 0 Å². The van der Waals surface area contributed by atoms with Gasteiger partial charge in [0.05, 0.1) is 10.3 Å². The minimum absolute atomic E-state index is 0.401. The van der Waals surface area contributed by atoms with Gasteiger partial charge in [0, 0.05) is 4.88 Å². The van der Waals surface area contributed by atoms with Gasteiger partial charge in [0.2, 0.25) is 0 Å². The maximum atomic E-state index is 12.0. The molecule has 116 valence electrons. The number of nitrogens with one attached hydrogen (secondary N) is 2. The molecule has 1 aliphatic rings. The fourth-order valence-corrected chi connectivity index (χ4v) is 4.02. The van der Waals surface area contributed by atoms with Crippen molar-refractivity contribution in [2.24, 2.45) is 0 Å². The van der Waals surface area contributed by atoms with Gasteiger partial charge in [-0.1, -0.05) is 25.7 Å². The average Bonchev–Trinajstić information content (AvgIpc) is 2.71. The second-order valence-corrected chi connectivity index (χ2v) is 7.86. The second-order valence-electron chi connectivity index (χ2n) is 5.31. The summed E-state index contributed by atoms with van der Waals surface area (Å²) < 4.78 is 1.01. The third kappa shape index (κ3) is 4.44. The zero-order valence-electron chi connectivity index (χ0n) is 11.7. The number of amides is 2. The number of carbonyl (C=O) groups excluding carboxylic acids is 1. The second kappa shape index (κ2) is 7.26. The molecule has 1 heterocycles. The molecule has 1 aromatic heterocycles. The summed E-state index contributed by atoms with van der Waals surface area (Å²) >= 11 is 4.91. The van der Waals surface area contributed by atoms with Crippen LogP contribution in [0.3, 0.4) is 0 Å². The lowest BCUT2D eigenvalue weighted by Crippen LogP contribution is -2.56. The summed E-state index contributed by atoms with van der Waals surface area (Å²) in [6, 6.07) is 3.43. The van der Waals surface area contributed by atoms with Gasteiger partial charge in [-0.15, -0.1) is 11.3 Å². The highest BCUT2D eigenvalue weighted by atomic mass is 79.9. The van der Waals surface area contributed by atoms with E-state index < -0.39 is 17.5 Å². The number of carboxylic acids is 1. The van der Waals surface area contributed by atoms with Crippen LogP contribution in [0.25, 0.3) is 0 Å². The molecule has 0 bridgehead atoms. The summed E-state index contributed by atoms with van der Waals surface area (Å²) in [4.78, 5) is 24.6. The molecule has 0 unspecified atom stereocenters. The van der Waals surface area contributed by atoms with E-state index in [0.717, 1.165) is 34.3 Å². The van der Waals surface area contributed by atoms with Crippen LogP contribution < -0.4 is 10.6 Å². The fourth-order valence-electron chi connectivity index (χ4n) is 2.60. The van der Waals surface area contributed by atoms with E-state index in [-0.39, 0.29) is 0 Å². The zero-order chi connectivity index (χ0) is 15.3. The SMILES string of the molecule is O=C(NCc1ccc(Br)s1)NC1(C(=O)O)CCCCCC1. The monoisotopic (exact) mass is 374 g/mol. The van der Waals surface area contributed by atoms with E-state index >= 15 is 0 Å². The Morgan fingerprint density at radius 2 is 1.90 bits per heavy atom. The molecule has 3 N–H and O–H groups in total. The smallest absolute Gasteiger partial charge is 0.329 e. The van der Waals surface area contributed by atoms with Gasteiger partial charge in [0.25, 0.3) is 0 Å². The van der Waals surface area contributed by atoms with Crippen molar-refractivity contribution in [2.45, 2.75) is 50.6 Å². The number of carboxylic acid groups (broad SMARTS) is 1. The average molecular weight is 375 g/mol. The van der Waals surface area contributed by atoms with E-state index in [2.05, 4.69) is 26.6 Å². The molecule has 0 spiro atoms. The maximum absolute atomic E-state index is 12.0. The highest BCUT2D eigenvalue weighted by Crippen LogP contribution is 2.27. The first-order chi connectivity index (χ1) is 10.0. The quantitative estimate of drug-likeness (QED) is 0.705. The Labute approximate surface area is 136 Å². The van der Waals surface area contributed by atoms with Gasteiger partial charge in [-0.2, -0.15) is 0 Å². The van der Waals surface area contributed by atoms with E-state index in [1.807, 2.05) is 12.1 Å². The molecule has 2 rings (SSSR count). The predicted octanol–water partition coefficient (Wildman–Crippen LogP) is 3.49. The highest BCUT2D eigenvalue weighted by molar-refractivity contribution is 9.11. The number of halogens is 1. The molecule has 2 amide bonds. The largest absolute Gasteiger partial charge is 0.480 e. The lowest BCUT2D eigenvalue weighted by atomic mass is 9.90. The topological polar surface area (TPSA) is 78.4 Å². The van der Waals surface area contributed by atoms with E-state index in [1.54, 1.807) is 11.3 Å². The van der Waals surface area contributed by atoms with E-state index in [4.69, 9.17) is 0 Å². The Balaban J connectivity index is 1.93. The number of rotatable bonds is 4. The number of hydrogen-bond acceptors (Lipinski definition) is 3. The van der Waals surface area contributed by atoms with Gasteiger partial charge >= 0.3 is 12.0 Å². The minimum Gasteiger partial charge on any atom is -0.480 e. The summed E-state index contributed by atoms with van der Waals surface area (Å²) in [7, 11) is 0. The summed E-state index contributed by atoms with van der Waals surface area (Å²) in [6.07, 6.45) is 4.73. The Kier molecular flexibility index (Phi) is 5.64. The number of hydrogen-bond donors (Lipinski definition) is 3. The molecule has 0 aliphatic heterocycles. The van der Waals surface area contributed by atoms with Crippen LogP contribution in [0, 0.1) is 0 Å². The molecule has 0 saturated heterocycles. The molecule has 0 aromatic carbocycles. The number of urea groups is 1. The van der Waals surface area contributed by atoms with Crippen LogP contribution in [0.15, 0.2) is 15.9 Å². The van der Waals surface area contributed by atoms with Crippen molar-refractivity contribution in [1.29, 1.82) is 0 Å². The van der Waals surface area contributed by atoms with E-state index in [1.165, 1.54) is 0 Å². The van der Waals surface area contributed by atoms with Crippen molar-refractivity contribution in [1.82, 2.24) is 10.6 Å². The molecule has 1 fully saturated rings. The Hall–Kier alpha value is -1.08. The molecule has 0 atom stereocenters. The molecule has 1 aromatic rings. The molecule has 0 radical (unpaired) electrons. The van der Waals surface area contributed by atoms with Crippen molar-refractivity contribution in [3.63, 3.8) is 0 Å². The van der Waals surface area contributed by atoms with Crippen molar-refractivity contribution >= 4 is 39.3 Å². The molecule has 21 heavy (non-hydrogen) atoms. The van der Waals surface area contributed by atoms with Crippen molar-refractivity contribution < 1.29 is 14.7 Å². The van der Waals surface area contributed by atoms with Crippen LogP contribution in [0.1, 0.15) is 43.4 Å². The van der Waals surface area contributed by atoms with E-state index in [0.29, 0.717) is 19.4 Å². The van der Waals surface area contributed by atoms with Crippen LogP contribution in [-0.2, 0) is 11.3 Å². The van der Waals surface area contributed by atoms with Crippen molar-refractivity contribution in [3.05, 3.63) is 20.8 Å². The molecular formula is C14H19BrN2O3S. The zero-order valence-corrected chi connectivity index (χ0v) is 14.1. The maximum Gasteiger partial charge on any atom is 0.329 e. The Morgan fingerprint density at radius 3 is 2.43 bits per heavy atom. The summed E-state index contributed by atoms with van der Waals surface area (Å²) in [5.41, 5.74) is -1.11. The Morgan fingerprint density at radius 1 is 1.24 bits per heavy atom. The molecule has 7 heteroatoms. The first kappa shape index (κ1) is 16.3. The van der Waals surface area contributed by atoms with Crippen LogP contribution >= 0.6 is 27.3 Å². The third-order valence-electron chi connectivity index (χ3n) is 3.77. The fraction of sp³-hybridized carbons (Fsp3) is 0.571. The lowest BCUT2D eigenvalue weighted by molar-refractivity contribution is -0.145. The summed E-state index contributed by atoms with van der Waals surface area (Å²) in [5, 5.41) is 14.9. The summed E-state index contributed by atoms with van der Waals surface area (Å²) in [6.45, 7) is 0.401. The van der Waals surface area contributed by atoms with Crippen LogP contribution in [0.2, 0.25) is 0 Å². The predicted molar refractivity (Wildman–Crippen MR) is 85.5 cm³/mol. The first-order valence-corrected chi connectivity index (χ1v) is 8.66. The van der Waals surface area contributed by atoms with Gasteiger partial charge in [0.15, 0.2) is 0 Å². The van der Waals surface area contributed by atoms with Gasteiger partial charge in [-0.05, 0) is 40.9 Å². The molecule has 1 saturated carbocycles. The van der Waals surface area contributed by atoms with Crippen LogP contribution in [0.4, 0.5) is 4.79 Å². The molecular weight excluding hydrogens is 356 g/mol. The summed E-state index contributed by atoms with van der Waals surface area (Å²) in [5.74, 6) is -0.932. The van der Waals surface area contributed by atoms with Crippen LogP contribution in [0.5, 0.6) is 0 Å². The number of carbonyl (C=O) groups is 2. The van der Waals surface area contributed by atoms with Gasteiger partial charge < -0.3 is 15.7 Å². The number of thiophene rings is 1. The molecule has 5 nitrogen and oxygen atoms in total. The third-order valence-corrected chi connectivity index (χ3v) is 5.39. The standard InChI is InChI=1S/C14H19BrN2O3S/c15-11-6-5-10(21-11)9-16-13(20)17-14(12(18)19)7-3-1-2-4-8-14/h5-6H,1-4,7-9H2,(H,18,19)(H2,16,17,20). The highest BCUT2D eigenvalue weighted by Gasteiger charge is 2.40. The first-order valence-electron chi connectivity index (χ1n) is 7.05. The Bertz CT molecular complexity index is 510. The van der Waals surface area contributed by atoms with Crippen LogP contribution in [-0.4, -0.2) is 22.6 Å².